The first-order chi connectivity index (χ1) is 14.1. The van der Waals surface area contributed by atoms with Crippen molar-refractivity contribution in [3.05, 3.63) is 88.7 Å². The predicted octanol–water partition coefficient (Wildman–Crippen LogP) is 4.39. The van der Waals surface area contributed by atoms with Gasteiger partial charge in [0.05, 0.1) is 15.6 Å². The number of amides is 2. The summed E-state index contributed by atoms with van der Waals surface area (Å²) < 4.78 is 36.3. The molecule has 0 aromatic heterocycles. The van der Waals surface area contributed by atoms with Crippen LogP contribution in [0.3, 0.4) is 0 Å². The van der Waals surface area contributed by atoms with Crippen LogP contribution in [0.15, 0.2) is 71.6 Å². The third kappa shape index (κ3) is 5.22. The van der Waals surface area contributed by atoms with E-state index in [1.165, 1.54) is 66.7 Å². The molecule has 9 heteroatoms. The lowest BCUT2D eigenvalue weighted by Crippen LogP contribution is -2.14. The molecule has 0 fully saturated rings. The van der Waals surface area contributed by atoms with Crippen LogP contribution < -0.4 is 10.6 Å². The molecule has 0 spiro atoms. The summed E-state index contributed by atoms with van der Waals surface area (Å²) in [6.45, 7) is 0. The smallest absolute Gasteiger partial charge is 0.255 e. The van der Waals surface area contributed by atoms with Gasteiger partial charge >= 0.3 is 0 Å². The molecule has 154 valence electrons. The molecular formula is C21H16ClFN2O4S. The van der Waals surface area contributed by atoms with Crippen LogP contribution >= 0.6 is 11.6 Å². The van der Waals surface area contributed by atoms with Gasteiger partial charge in [-0.2, -0.15) is 0 Å². The maximum atomic E-state index is 13.0. The Morgan fingerprint density at radius 3 is 2.17 bits per heavy atom. The summed E-state index contributed by atoms with van der Waals surface area (Å²) in [6.07, 6.45) is 1.06. The molecule has 0 aliphatic carbocycles. The second-order valence-corrected chi connectivity index (χ2v) is 8.83. The number of anilines is 2. The van der Waals surface area contributed by atoms with Crippen LogP contribution in [-0.2, 0) is 9.84 Å². The van der Waals surface area contributed by atoms with E-state index in [1.54, 1.807) is 0 Å². The van der Waals surface area contributed by atoms with E-state index in [1.807, 2.05) is 0 Å². The fraction of sp³-hybridized carbons (Fsp3) is 0.0476. The van der Waals surface area contributed by atoms with Crippen molar-refractivity contribution in [3.63, 3.8) is 0 Å². The van der Waals surface area contributed by atoms with Crippen LogP contribution in [0, 0.1) is 5.82 Å². The molecule has 30 heavy (non-hydrogen) atoms. The first kappa shape index (κ1) is 21.5. The van der Waals surface area contributed by atoms with E-state index >= 15 is 0 Å². The Bertz CT molecular complexity index is 1230. The van der Waals surface area contributed by atoms with Gasteiger partial charge in [-0.3, -0.25) is 9.59 Å². The van der Waals surface area contributed by atoms with Crippen molar-refractivity contribution in [1.29, 1.82) is 0 Å². The predicted molar refractivity (Wildman–Crippen MR) is 113 cm³/mol. The highest BCUT2D eigenvalue weighted by Crippen LogP contribution is 2.26. The van der Waals surface area contributed by atoms with Crippen molar-refractivity contribution in [2.75, 3.05) is 16.9 Å². The summed E-state index contributed by atoms with van der Waals surface area (Å²) in [5.41, 5.74) is 1.09. The van der Waals surface area contributed by atoms with Gasteiger partial charge in [0.25, 0.3) is 11.8 Å². The van der Waals surface area contributed by atoms with E-state index in [9.17, 15) is 22.4 Å². The fourth-order valence-electron chi connectivity index (χ4n) is 2.56. The summed E-state index contributed by atoms with van der Waals surface area (Å²) in [6, 6.07) is 15.2. The normalized spacial score (nSPS) is 11.0. The van der Waals surface area contributed by atoms with Crippen LogP contribution in [0.25, 0.3) is 0 Å². The maximum absolute atomic E-state index is 13.0. The van der Waals surface area contributed by atoms with Crippen molar-refractivity contribution < 1.29 is 22.4 Å². The summed E-state index contributed by atoms with van der Waals surface area (Å²) in [5, 5.41) is 5.40. The Labute approximate surface area is 177 Å². The summed E-state index contributed by atoms with van der Waals surface area (Å²) >= 11 is 6.20. The molecule has 0 unspecified atom stereocenters. The first-order valence-electron chi connectivity index (χ1n) is 8.61. The lowest BCUT2D eigenvalue weighted by atomic mass is 10.2. The number of hydrogen-bond donors (Lipinski definition) is 2. The van der Waals surface area contributed by atoms with Crippen LogP contribution in [0.4, 0.5) is 15.8 Å². The molecule has 0 atom stereocenters. The third-order valence-electron chi connectivity index (χ3n) is 4.11. The second-order valence-electron chi connectivity index (χ2n) is 6.41. The Hall–Kier alpha value is -3.23. The lowest BCUT2D eigenvalue weighted by Gasteiger charge is -2.11. The molecule has 2 N–H and O–H groups in total. The SMILES string of the molecule is CS(=O)(=O)c1cccc(C(=O)Nc2ccc(NC(=O)c3ccc(F)cc3)cc2Cl)c1. The molecule has 3 rings (SSSR count). The lowest BCUT2D eigenvalue weighted by molar-refractivity contribution is 0.101. The van der Waals surface area contributed by atoms with Crippen LogP contribution in [0.2, 0.25) is 5.02 Å². The van der Waals surface area contributed by atoms with Gasteiger partial charge in [-0.15, -0.1) is 0 Å². The first-order valence-corrected chi connectivity index (χ1v) is 10.9. The number of carbonyl (C=O) groups is 2. The summed E-state index contributed by atoms with van der Waals surface area (Å²) in [5.74, 6) is -1.43. The zero-order chi connectivity index (χ0) is 21.9. The van der Waals surface area contributed by atoms with Crippen molar-refractivity contribution >= 4 is 44.6 Å². The van der Waals surface area contributed by atoms with Gasteiger partial charge in [-0.1, -0.05) is 17.7 Å². The van der Waals surface area contributed by atoms with Gasteiger partial charge in [0.15, 0.2) is 9.84 Å². The number of sulfone groups is 1. The van der Waals surface area contributed by atoms with Crippen molar-refractivity contribution in [2.24, 2.45) is 0 Å². The molecule has 0 radical (unpaired) electrons. The molecule has 0 heterocycles. The number of carbonyl (C=O) groups excluding carboxylic acids is 2. The molecule has 2 amide bonds. The molecule has 3 aromatic rings. The van der Waals surface area contributed by atoms with Gasteiger partial charge in [0, 0.05) is 23.1 Å². The average molecular weight is 447 g/mol. The maximum Gasteiger partial charge on any atom is 0.255 e. The largest absolute Gasteiger partial charge is 0.322 e. The average Bonchev–Trinajstić information content (AvgIpc) is 2.70. The number of halogens is 2. The van der Waals surface area contributed by atoms with Gasteiger partial charge < -0.3 is 10.6 Å². The Balaban J connectivity index is 1.73. The minimum Gasteiger partial charge on any atom is -0.322 e. The van der Waals surface area contributed by atoms with E-state index in [2.05, 4.69) is 10.6 Å². The zero-order valence-corrected chi connectivity index (χ0v) is 17.2. The monoisotopic (exact) mass is 446 g/mol. The third-order valence-corrected chi connectivity index (χ3v) is 5.53. The number of nitrogens with one attached hydrogen (secondary N) is 2. The van der Waals surface area contributed by atoms with E-state index in [0.29, 0.717) is 5.69 Å². The second kappa shape index (κ2) is 8.64. The highest BCUT2D eigenvalue weighted by Gasteiger charge is 2.14. The number of benzene rings is 3. The fourth-order valence-corrected chi connectivity index (χ4v) is 3.46. The Morgan fingerprint density at radius 1 is 0.867 bits per heavy atom. The van der Waals surface area contributed by atoms with E-state index in [0.717, 1.165) is 6.26 Å². The highest BCUT2D eigenvalue weighted by molar-refractivity contribution is 7.90. The van der Waals surface area contributed by atoms with E-state index < -0.39 is 27.5 Å². The van der Waals surface area contributed by atoms with E-state index in [-0.39, 0.29) is 26.7 Å². The van der Waals surface area contributed by atoms with Crippen LogP contribution in [0.1, 0.15) is 20.7 Å². The van der Waals surface area contributed by atoms with Crippen molar-refractivity contribution in [1.82, 2.24) is 0 Å². The van der Waals surface area contributed by atoms with Gasteiger partial charge in [0.1, 0.15) is 5.82 Å². The molecule has 6 nitrogen and oxygen atoms in total. The Kier molecular flexibility index (Phi) is 6.19. The highest BCUT2D eigenvalue weighted by atomic mass is 35.5. The standard InChI is InChI=1S/C21H16ClFN2O4S/c1-30(28,29)17-4-2-3-14(11-17)21(27)25-19-10-9-16(12-18(19)22)24-20(26)13-5-7-15(23)8-6-13/h2-12H,1H3,(H,24,26)(H,25,27). The minimum atomic E-state index is -3.45. The zero-order valence-electron chi connectivity index (χ0n) is 15.6. The quantitative estimate of drug-likeness (QED) is 0.608. The molecule has 0 aliphatic heterocycles. The minimum absolute atomic E-state index is 0.0279. The van der Waals surface area contributed by atoms with Gasteiger partial charge in [-0.05, 0) is 60.7 Å². The number of rotatable bonds is 5. The van der Waals surface area contributed by atoms with Crippen molar-refractivity contribution in [2.45, 2.75) is 4.90 Å². The van der Waals surface area contributed by atoms with Crippen LogP contribution in [-0.4, -0.2) is 26.5 Å². The molecule has 0 bridgehead atoms. The molecule has 0 aliphatic rings. The molecule has 0 saturated carbocycles. The summed E-state index contributed by atoms with van der Waals surface area (Å²) in [7, 11) is -3.45. The number of hydrogen-bond acceptors (Lipinski definition) is 4. The molecular weight excluding hydrogens is 431 g/mol. The van der Waals surface area contributed by atoms with Crippen LogP contribution in [0.5, 0.6) is 0 Å². The summed E-state index contributed by atoms with van der Waals surface area (Å²) in [4.78, 5) is 24.7. The van der Waals surface area contributed by atoms with Gasteiger partial charge in [-0.25, -0.2) is 12.8 Å². The van der Waals surface area contributed by atoms with Crippen molar-refractivity contribution in [3.8, 4) is 0 Å². The van der Waals surface area contributed by atoms with E-state index in [4.69, 9.17) is 11.6 Å². The molecule has 3 aromatic carbocycles. The molecule has 0 saturated heterocycles. The Morgan fingerprint density at radius 2 is 1.53 bits per heavy atom. The topological polar surface area (TPSA) is 92.3 Å². The van der Waals surface area contributed by atoms with Gasteiger partial charge in [0.2, 0.25) is 0 Å².